The molecule has 0 saturated heterocycles. The summed E-state index contributed by atoms with van der Waals surface area (Å²) in [5.41, 5.74) is 2.46. The lowest BCUT2D eigenvalue weighted by Crippen LogP contribution is -2.52. The van der Waals surface area contributed by atoms with Gasteiger partial charge in [-0.15, -0.1) is 0 Å². The van der Waals surface area contributed by atoms with Gasteiger partial charge in [0, 0.05) is 12.0 Å². The summed E-state index contributed by atoms with van der Waals surface area (Å²) in [6.45, 7) is 9.80. The van der Waals surface area contributed by atoms with Gasteiger partial charge in [0.25, 0.3) is 5.91 Å². The van der Waals surface area contributed by atoms with E-state index in [1.165, 1.54) is 0 Å². The molecule has 0 aliphatic carbocycles. The monoisotopic (exact) mass is 424 g/mol. The van der Waals surface area contributed by atoms with Crippen LogP contribution in [0.1, 0.15) is 56.1 Å². The molecule has 0 radical (unpaired) electrons. The van der Waals surface area contributed by atoms with Gasteiger partial charge in [-0.2, -0.15) is 0 Å². The van der Waals surface area contributed by atoms with E-state index in [9.17, 15) is 14.4 Å². The van der Waals surface area contributed by atoms with Crippen LogP contribution in [-0.2, 0) is 26.2 Å². The smallest absolute Gasteiger partial charge is 0.328 e. The minimum Gasteiger partial charge on any atom is -0.464 e. The van der Waals surface area contributed by atoms with Crippen molar-refractivity contribution in [1.82, 2.24) is 10.6 Å². The highest BCUT2D eigenvalue weighted by Gasteiger charge is 2.26. The average Bonchev–Trinajstić information content (AvgIpc) is 2.73. The van der Waals surface area contributed by atoms with E-state index >= 15 is 0 Å². The van der Waals surface area contributed by atoms with Crippen molar-refractivity contribution in [3.63, 3.8) is 0 Å². The molecule has 0 aliphatic heterocycles. The molecule has 0 fully saturated rings. The Morgan fingerprint density at radius 2 is 1.55 bits per heavy atom. The fraction of sp³-hybridized carbons (Fsp3) is 0.400. The number of carbonyl (C=O) groups is 3. The van der Waals surface area contributed by atoms with Crippen LogP contribution in [0.2, 0.25) is 0 Å². The summed E-state index contributed by atoms with van der Waals surface area (Å²) >= 11 is 0. The zero-order valence-corrected chi connectivity index (χ0v) is 18.9. The third-order valence-electron chi connectivity index (χ3n) is 4.92. The summed E-state index contributed by atoms with van der Waals surface area (Å²) < 4.78 is 4.95. The van der Waals surface area contributed by atoms with Gasteiger partial charge in [0.2, 0.25) is 5.91 Å². The molecular weight excluding hydrogens is 392 g/mol. The molecule has 0 spiro atoms. The van der Waals surface area contributed by atoms with Crippen LogP contribution in [0.5, 0.6) is 0 Å². The highest BCUT2D eigenvalue weighted by atomic mass is 16.5. The van der Waals surface area contributed by atoms with Crippen LogP contribution in [0.4, 0.5) is 0 Å². The first-order valence-corrected chi connectivity index (χ1v) is 10.5. The molecule has 2 N–H and O–H groups in total. The molecule has 31 heavy (non-hydrogen) atoms. The van der Waals surface area contributed by atoms with Crippen LogP contribution in [0.15, 0.2) is 54.6 Å². The van der Waals surface area contributed by atoms with Crippen molar-refractivity contribution >= 4 is 17.8 Å². The Morgan fingerprint density at radius 1 is 0.935 bits per heavy atom. The van der Waals surface area contributed by atoms with Gasteiger partial charge >= 0.3 is 5.97 Å². The quantitative estimate of drug-likeness (QED) is 0.636. The van der Waals surface area contributed by atoms with Gasteiger partial charge in [-0.05, 0) is 42.5 Å². The molecule has 0 bridgehead atoms. The number of carbonyl (C=O) groups excluding carboxylic acids is 3. The molecule has 166 valence electrons. The van der Waals surface area contributed by atoms with E-state index < -0.39 is 24.0 Å². The molecule has 0 aromatic heterocycles. The van der Waals surface area contributed by atoms with Gasteiger partial charge in [0.05, 0.1) is 6.61 Å². The van der Waals surface area contributed by atoms with Crippen molar-refractivity contribution in [3.05, 3.63) is 71.3 Å². The van der Waals surface area contributed by atoms with Crippen LogP contribution >= 0.6 is 0 Å². The average molecular weight is 425 g/mol. The number of benzene rings is 2. The van der Waals surface area contributed by atoms with Crippen LogP contribution in [0.3, 0.4) is 0 Å². The normalized spacial score (nSPS) is 13.1. The number of nitrogens with one attached hydrogen (secondary N) is 2. The van der Waals surface area contributed by atoms with Crippen LogP contribution < -0.4 is 10.6 Å². The summed E-state index contributed by atoms with van der Waals surface area (Å²) in [5.74, 6) is -1.30. The van der Waals surface area contributed by atoms with Gasteiger partial charge in [0.15, 0.2) is 0 Å². The summed E-state index contributed by atoms with van der Waals surface area (Å²) in [7, 11) is 0. The third kappa shape index (κ3) is 7.24. The molecule has 2 rings (SSSR count). The third-order valence-corrected chi connectivity index (χ3v) is 4.92. The Morgan fingerprint density at radius 3 is 2.10 bits per heavy atom. The molecule has 2 amide bonds. The maximum Gasteiger partial charge on any atom is 0.328 e. The number of ether oxygens (including phenoxy) is 1. The van der Waals surface area contributed by atoms with E-state index in [4.69, 9.17) is 4.74 Å². The second-order valence-corrected chi connectivity index (χ2v) is 8.53. The fourth-order valence-corrected chi connectivity index (χ4v) is 3.06. The number of hydrogen-bond acceptors (Lipinski definition) is 4. The highest BCUT2D eigenvalue weighted by Crippen LogP contribution is 2.22. The number of rotatable bonds is 8. The van der Waals surface area contributed by atoms with Crippen LogP contribution in [-0.4, -0.2) is 36.5 Å². The predicted molar refractivity (Wildman–Crippen MR) is 121 cm³/mol. The van der Waals surface area contributed by atoms with E-state index in [-0.39, 0.29) is 17.9 Å². The first-order chi connectivity index (χ1) is 14.6. The van der Waals surface area contributed by atoms with Crippen molar-refractivity contribution in [2.45, 2.75) is 58.5 Å². The van der Waals surface area contributed by atoms with E-state index in [2.05, 4.69) is 31.4 Å². The number of amides is 2. The first-order valence-electron chi connectivity index (χ1n) is 10.5. The molecule has 6 nitrogen and oxygen atoms in total. The zero-order valence-electron chi connectivity index (χ0n) is 18.9. The Kier molecular flexibility index (Phi) is 8.37. The Balaban J connectivity index is 2.16. The van der Waals surface area contributed by atoms with E-state index in [1.807, 2.05) is 42.5 Å². The first kappa shape index (κ1) is 24.1. The molecular formula is C25H32N2O4. The maximum atomic E-state index is 12.9. The van der Waals surface area contributed by atoms with Crippen LogP contribution in [0.25, 0.3) is 0 Å². The van der Waals surface area contributed by atoms with Gasteiger partial charge < -0.3 is 15.4 Å². The molecule has 2 aromatic carbocycles. The lowest BCUT2D eigenvalue weighted by Gasteiger charge is -2.22. The zero-order chi connectivity index (χ0) is 23.0. The highest BCUT2D eigenvalue weighted by molar-refractivity contribution is 5.98. The second kappa shape index (κ2) is 10.8. The lowest BCUT2D eigenvalue weighted by molar-refractivity contribution is -0.147. The lowest BCUT2D eigenvalue weighted by atomic mass is 9.86. The largest absolute Gasteiger partial charge is 0.464 e. The number of hydrogen-bond donors (Lipinski definition) is 2. The predicted octanol–water partition coefficient (Wildman–Crippen LogP) is 3.39. The second-order valence-electron chi connectivity index (χ2n) is 8.53. The van der Waals surface area contributed by atoms with Gasteiger partial charge in [0.1, 0.15) is 12.1 Å². The minimum absolute atomic E-state index is 0.0199. The molecule has 0 aliphatic rings. The van der Waals surface area contributed by atoms with Gasteiger partial charge in [-0.1, -0.05) is 63.2 Å². The molecule has 0 unspecified atom stereocenters. The van der Waals surface area contributed by atoms with Gasteiger partial charge in [-0.25, -0.2) is 4.79 Å². The topological polar surface area (TPSA) is 84.5 Å². The Bertz CT molecular complexity index is 886. The standard InChI is InChI=1S/C25H32N2O4/c1-6-31-24(30)17(2)26-23(29)21(16-18-10-8-7-9-11-18)27-22(28)19-12-14-20(15-13-19)25(3,4)5/h7-15,17,21H,6,16H2,1-5H3,(H,26,29)(H,27,28)/t17-,21-/m0/s1. The molecule has 6 heteroatoms. The molecule has 2 aromatic rings. The minimum atomic E-state index is -0.839. The van der Waals surface area contributed by atoms with Crippen molar-refractivity contribution in [1.29, 1.82) is 0 Å². The molecule has 0 saturated carbocycles. The van der Waals surface area contributed by atoms with E-state index in [0.29, 0.717) is 12.0 Å². The maximum absolute atomic E-state index is 12.9. The van der Waals surface area contributed by atoms with Crippen molar-refractivity contribution in [3.8, 4) is 0 Å². The van der Waals surface area contributed by atoms with Gasteiger partial charge in [-0.3, -0.25) is 9.59 Å². The fourth-order valence-electron chi connectivity index (χ4n) is 3.06. The van der Waals surface area contributed by atoms with E-state index in [1.54, 1.807) is 26.0 Å². The SMILES string of the molecule is CCOC(=O)[C@H](C)NC(=O)[C@H](Cc1ccccc1)NC(=O)c1ccc(C(C)(C)C)cc1. The van der Waals surface area contributed by atoms with Crippen molar-refractivity contribution < 1.29 is 19.1 Å². The summed E-state index contributed by atoms with van der Waals surface area (Å²) in [4.78, 5) is 37.6. The Hall–Kier alpha value is -3.15. The van der Waals surface area contributed by atoms with Crippen molar-refractivity contribution in [2.24, 2.45) is 0 Å². The van der Waals surface area contributed by atoms with E-state index in [0.717, 1.165) is 11.1 Å². The van der Waals surface area contributed by atoms with Crippen LogP contribution in [0, 0.1) is 0 Å². The summed E-state index contributed by atoms with van der Waals surface area (Å²) in [5, 5.41) is 5.46. The molecule has 0 heterocycles. The Labute approximate surface area is 184 Å². The molecule has 2 atom stereocenters. The summed E-state index contributed by atoms with van der Waals surface area (Å²) in [6.07, 6.45) is 0.300. The summed E-state index contributed by atoms with van der Waals surface area (Å²) in [6, 6.07) is 15.1. The number of esters is 1. The van der Waals surface area contributed by atoms with Crippen molar-refractivity contribution in [2.75, 3.05) is 6.61 Å².